The number of rotatable bonds is 4. The number of hydrogen-bond donors (Lipinski definition) is 2. The zero-order chi connectivity index (χ0) is 14.4. The Labute approximate surface area is 120 Å². The number of carbonyl (C=O) groups excluding carboxylic acids is 2. The highest BCUT2D eigenvalue weighted by Crippen LogP contribution is 2.14. The third-order valence-corrected chi connectivity index (χ3v) is 3.98. The first kappa shape index (κ1) is 15.3. The lowest BCUT2D eigenvalue weighted by Gasteiger charge is -2.28. The van der Waals surface area contributed by atoms with E-state index in [9.17, 15) is 9.59 Å². The molecule has 0 spiro atoms. The van der Waals surface area contributed by atoms with Gasteiger partial charge in [-0.15, -0.1) is 0 Å². The molecule has 6 heteroatoms. The minimum atomic E-state index is -0.0998. The lowest BCUT2D eigenvalue weighted by molar-refractivity contribution is -0.135. The topological polar surface area (TPSA) is 70.7 Å². The van der Waals surface area contributed by atoms with Crippen LogP contribution >= 0.6 is 0 Å². The van der Waals surface area contributed by atoms with Gasteiger partial charge in [0.1, 0.15) is 0 Å². The van der Waals surface area contributed by atoms with Crippen LogP contribution in [0.15, 0.2) is 0 Å². The van der Waals surface area contributed by atoms with E-state index >= 15 is 0 Å². The molecule has 2 saturated heterocycles. The molecule has 114 valence electrons. The van der Waals surface area contributed by atoms with E-state index in [1.54, 1.807) is 4.90 Å². The van der Waals surface area contributed by atoms with Crippen molar-refractivity contribution in [1.29, 1.82) is 0 Å². The van der Waals surface area contributed by atoms with Crippen molar-refractivity contribution < 1.29 is 14.3 Å². The predicted molar refractivity (Wildman–Crippen MR) is 75.2 cm³/mol. The first-order chi connectivity index (χ1) is 9.66. The Bertz CT molecular complexity index is 343. The maximum Gasteiger partial charge on any atom is 0.237 e. The summed E-state index contributed by atoms with van der Waals surface area (Å²) in [5, 5.41) is 6.09. The molecule has 2 aliphatic heterocycles. The molecule has 0 radical (unpaired) electrons. The van der Waals surface area contributed by atoms with Crippen molar-refractivity contribution >= 4 is 11.8 Å². The molecule has 2 amide bonds. The van der Waals surface area contributed by atoms with Crippen LogP contribution in [0.1, 0.15) is 26.2 Å². The summed E-state index contributed by atoms with van der Waals surface area (Å²) < 4.78 is 5.21. The van der Waals surface area contributed by atoms with E-state index in [2.05, 4.69) is 17.6 Å². The maximum atomic E-state index is 12.0. The quantitative estimate of drug-likeness (QED) is 0.746. The van der Waals surface area contributed by atoms with Crippen LogP contribution in [0.4, 0.5) is 0 Å². The molecule has 2 fully saturated rings. The molecule has 6 nitrogen and oxygen atoms in total. The molecule has 2 rings (SSSR count). The van der Waals surface area contributed by atoms with Gasteiger partial charge < -0.3 is 20.3 Å². The van der Waals surface area contributed by atoms with Gasteiger partial charge in [-0.2, -0.15) is 0 Å². The fraction of sp³-hybridized carbons (Fsp3) is 0.857. The number of nitrogens with zero attached hydrogens (tertiary/aromatic N) is 1. The molecule has 2 unspecified atom stereocenters. The molecule has 0 aromatic carbocycles. The summed E-state index contributed by atoms with van der Waals surface area (Å²) in [6.45, 7) is 6.03. The second kappa shape index (κ2) is 7.59. The zero-order valence-corrected chi connectivity index (χ0v) is 12.2. The fourth-order valence-corrected chi connectivity index (χ4v) is 2.69. The predicted octanol–water partition coefficient (Wildman–Crippen LogP) is -0.260. The van der Waals surface area contributed by atoms with E-state index < -0.39 is 0 Å². The SMILES string of the molecule is CC1CCNC(C(=O)NCCC(=O)N2CCOCC2)C1. The number of amides is 2. The molecule has 2 heterocycles. The van der Waals surface area contributed by atoms with Gasteiger partial charge in [0.05, 0.1) is 19.3 Å². The molecule has 0 saturated carbocycles. The van der Waals surface area contributed by atoms with Crippen LogP contribution in [-0.2, 0) is 14.3 Å². The van der Waals surface area contributed by atoms with E-state index in [-0.39, 0.29) is 17.9 Å². The van der Waals surface area contributed by atoms with Crippen molar-refractivity contribution in [2.75, 3.05) is 39.4 Å². The second-order valence-corrected chi connectivity index (χ2v) is 5.67. The van der Waals surface area contributed by atoms with Crippen LogP contribution in [0.2, 0.25) is 0 Å². The largest absolute Gasteiger partial charge is 0.378 e. The van der Waals surface area contributed by atoms with Gasteiger partial charge >= 0.3 is 0 Å². The molecule has 2 atom stereocenters. The van der Waals surface area contributed by atoms with E-state index in [0.29, 0.717) is 45.2 Å². The molecule has 0 aromatic heterocycles. The number of piperidine rings is 1. The van der Waals surface area contributed by atoms with Gasteiger partial charge in [-0.3, -0.25) is 9.59 Å². The van der Waals surface area contributed by atoms with Crippen LogP contribution < -0.4 is 10.6 Å². The van der Waals surface area contributed by atoms with Crippen molar-refractivity contribution in [2.45, 2.75) is 32.2 Å². The minimum Gasteiger partial charge on any atom is -0.378 e. The summed E-state index contributed by atoms with van der Waals surface area (Å²) in [6, 6.07) is -0.0998. The molecule has 2 aliphatic rings. The second-order valence-electron chi connectivity index (χ2n) is 5.67. The summed E-state index contributed by atoms with van der Waals surface area (Å²) in [6.07, 6.45) is 2.37. The monoisotopic (exact) mass is 283 g/mol. The average Bonchev–Trinajstić information content (AvgIpc) is 2.48. The van der Waals surface area contributed by atoms with Crippen LogP contribution in [0.25, 0.3) is 0 Å². The molecule has 0 bridgehead atoms. The van der Waals surface area contributed by atoms with Gasteiger partial charge in [-0.1, -0.05) is 6.92 Å². The summed E-state index contributed by atoms with van der Waals surface area (Å²) in [5.74, 6) is 0.701. The fourth-order valence-electron chi connectivity index (χ4n) is 2.69. The van der Waals surface area contributed by atoms with Crippen molar-refractivity contribution in [1.82, 2.24) is 15.5 Å². The average molecular weight is 283 g/mol. The van der Waals surface area contributed by atoms with Crippen LogP contribution in [-0.4, -0.2) is 62.1 Å². The maximum absolute atomic E-state index is 12.0. The van der Waals surface area contributed by atoms with Crippen LogP contribution in [0.3, 0.4) is 0 Å². The Morgan fingerprint density at radius 3 is 2.80 bits per heavy atom. The molecular formula is C14H25N3O3. The summed E-state index contributed by atoms with van der Waals surface area (Å²) in [7, 11) is 0. The number of nitrogens with one attached hydrogen (secondary N) is 2. The Morgan fingerprint density at radius 2 is 2.10 bits per heavy atom. The Balaban J connectivity index is 1.64. The van der Waals surface area contributed by atoms with E-state index in [1.807, 2.05) is 0 Å². The van der Waals surface area contributed by atoms with E-state index in [4.69, 9.17) is 4.74 Å². The van der Waals surface area contributed by atoms with Gasteiger partial charge in [-0.05, 0) is 25.3 Å². The lowest BCUT2D eigenvalue weighted by Crippen LogP contribution is -2.49. The minimum absolute atomic E-state index is 0.0197. The van der Waals surface area contributed by atoms with Gasteiger partial charge in [0.2, 0.25) is 11.8 Å². The molecule has 0 aromatic rings. The molecule has 2 N–H and O–H groups in total. The first-order valence-corrected chi connectivity index (χ1v) is 7.53. The van der Waals surface area contributed by atoms with Crippen molar-refractivity contribution in [3.63, 3.8) is 0 Å². The van der Waals surface area contributed by atoms with Gasteiger partial charge in [-0.25, -0.2) is 0 Å². The van der Waals surface area contributed by atoms with Crippen LogP contribution in [0.5, 0.6) is 0 Å². The first-order valence-electron chi connectivity index (χ1n) is 7.53. The smallest absolute Gasteiger partial charge is 0.237 e. The number of hydrogen-bond acceptors (Lipinski definition) is 4. The zero-order valence-electron chi connectivity index (χ0n) is 12.2. The Morgan fingerprint density at radius 1 is 1.35 bits per heavy atom. The Kier molecular flexibility index (Phi) is 5.79. The van der Waals surface area contributed by atoms with Gasteiger partial charge in [0.25, 0.3) is 0 Å². The molecule has 0 aliphatic carbocycles. The van der Waals surface area contributed by atoms with E-state index in [1.165, 1.54) is 0 Å². The van der Waals surface area contributed by atoms with Crippen molar-refractivity contribution in [2.24, 2.45) is 5.92 Å². The van der Waals surface area contributed by atoms with Crippen LogP contribution in [0, 0.1) is 5.92 Å². The summed E-state index contributed by atoms with van der Waals surface area (Å²) >= 11 is 0. The lowest BCUT2D eigenvalue weighted by atomic mass is 9.94. The van der Waals surface area contributed by atoms with Crippen molar-refractivity contribution in [3.05, 3.63) is 0 Å². The summed E-state index contributed by atoms with van der Waals surface area (Å²) in [4.78, 5) is 25.7. The van der Waals surface area contributed by atoms with Gasteiger partial charge in [0, 0.05) is 26.1 Å². The highest BCUT2D eigenvalue weighted by atomic mass is 16.5. The summed E-state index contributed by atoms with van der Waals surface area (Å²) in [5.41, 5.74) is 0. The van der Waals surface area contributed by atoms with Crippen molar-refractivity contribution in [3.8, 4) is 0 Å². The number of morpholine rings is 1. The Hall–Kier alpha value is -1.14. The number of carbonyl (C=O) groups is 2. The highest BCUT2D eigenvalue weighted by Gasteiger charge is 2.24. The molecular weight excluding hydrogens is 258 g/mol. The highest BCUT2D eigenvalue weighted by molar-refractivity contribution is 5.83. The molecule has 20 heavy (non-hydrogen) atoms. The normalized spacial score (nSPS) is 27.1. The van der Waals surface area contributed by atoms with E-state index in [0.717, 1.165) is 19.4 Å². The van der Waals surface area contributed by atoms with Gasteiger partial charge in [0.15, 0.2) is 0 Å². The number of ether oxygens (including phenoxy) is 1. The standard InChI is InChI=1S/C14H25N3O3/c1-11-2-4-15-12(10-11)14(19)16-5-3-13(18)17-6-8-20-9-7-17/h11-12,15H,2-10H2,1H3,(H,16,19). The third-order valence-electron chi connectivity index (χ3n) is 3.98. The third kappa shape index (κ3) is 4.45.